The first-order chi connectivity index (χ1) is 19.1. The van der Waals surface area contributed by atoms with Gasteiger partial charge in [-0.1, -0.05) is 113 Å². The van der Waals surface area contributed by atoms with Crippen molar-refractivity contribution in [3.8, 4) is 5.75 Å². The van der Waals surface area contributed by atoms with Crippen LogP contribution in [0.5, 0.6) is 5.75 Å². The minimum atomic E-state index is -0.0905. The van der Waals surface area contributed by atoms with E-state index in [0.29, 0.717) is 11.6 Å². The van der Waals surface area contributed by atoms with Crippen molar-refractivity contribution >= 4 is 23.2 Å². The highest BCUT2D eigenvalue weighted by atomic mass is 35.5. The van der Waals surface area contributed by atoms with Crippen LogP contribution in [0, 0.1) is 0 Å². The van der Waals surface area contributed by atoms with Gasteiger partial charge in [0, 0.05) is 28.4 Å². The third-order valence-electron chi connectivity index (χ3n) is 7.02. The van der Waals surface area contributed by atoms with Gasteiger partial charge in [0.25, 0.3) is 0 Å². The topological polar surface area (TPSA) is 42.2 Å². The SMILES string of the molecule is CCCCCCCCCCCCCCOc1ccc(CC(=O)Nc2ccc(C[n+]3ccccc3)cc2)c(Cl)c1. The van der Waals surface area contributed by atoms with Crippen molar-refractivity contribution < 1.29 is 14.1 Å². The number of anilines is 1. The number of nitrogens with one attached hydrogen (secondary N) is 1. The second kappa shape index (κ2) is 18.4. The number of benzene rings is 2. The molecule has 3 aromatic rings. The number of amides is 1. The Labute approximate surface area is 240 Å². The van der Waals surface area contributed by atoms with Gasteiger partial charge in [0.15, 0.2) is 18.9 Å². The second-order valence-corrected chi connectivity index (χ2v) is 10.9. The van der Waals surface area contributed by atoms with Crippen molar-refractivity contribution in [3.05, 3.63) is 89.2 Å². The molecule has 0 saturated heterocycles. The van der Waals surface area contributed by atoms with Crippen LogP contribution < -0.4 is 14.6 Å². The van der Waals surface area contributed by atoms with Crippen LogP contribution >= 0.6 is 11.6 Å². The predicted octanol–water partition coefficient (Wildman–Crippen LogP) is 8.94. The Morgan fingerprint density at radius 2 is 1.41 bits per heavy atom. The minimum Gasteiger partial charge on any atom is -0.494 e. The average Bonchev–Trinajstić information content (AvgIpc) is 2.94. The van der Waals surface area contributed by atoms with E-state index in [0.717, 1.165) is 30.0 Å². The molecule has 210 valence electrons. The molecule has 1 N–H and O–H groups in total. The van der Waals surface area contributed by atoms with E-state index in [9.17, 15) is 4.79 Å². The lowest BCUT2D eigenvalue weighted by Crippen LogP contribution is -2.32. The van der Waals surface area contributed by atoms with E-state index in [1.807, 2.05) is 73.1 Å². The van der Waals surface area contributed by atoms with Crippen molar-refractivity contribution in [2.45, 2.75) is 96.9 Å². The molecule has 0 unspecified atom stereocenters. The summed E-state index contributed by atoms with van der Waals surface area (Å²) in [6, 6.07) is 19.6. The number of unbranched alkanes of at least 4 members (excludes halogenated alkanes) is 11. The molecule has 0 bridgehead atoms. The Morgan fingerprint density at radius 1 is 0.795 bits per heavy atom. The summed E-state index contributed by atoms with van der Waals surface area (Å²) in [5, 5.41) is 3.53. The molecule has 1 heterocycles. The molecule has 0 spiro atoms. The number of pyridine rings is 1. The predicted molar refractivity (Wildman–Crippen MR) is 163 cm³/mol. The summed E-state index contributed by atoms with van der Waals surface area (Å²) in [4.78, 5) is 12.6. The summed E-state index contributed by atoms with van der Waals surface area (Å²) in [6.07, 6.45) is 20.2. The highest BCUT2D eigenvalue weighted by Gasteiger charge is 2.10. The Balaban J connectivity index is 1.28. The Bertz CT molecular complexity index is 1090. The molecule has 39 heavy (non-hydrogen) atoms. The number of halogens is 1. The fraction of sp³-hybridized carbons (Fsp3) is 0.471. The van der Waals surface area contributed by atoms with Gasteiger partial charge in [-0.15, -0.1) is 0 Å². The molecule has 0 atom stereocenters. The van der Waals surface area contributed by atoms with Gasteiger partial charge in [0.1, 0.15) is 5.75 Å². The van der Waals surface area contributed by atoms with Crippen LogP contribution in [0.3, 0.4) is 0 Å². The van der Waals surface area contributed by atoms with Gasteiger partial charge in [0.05, 0.1) is 13.0 Å². The zero-order valence-electron chi connectivity index (χ0n) is 23.7. The highest BCUT2D eigenvalue weighted by molar-refractivity contribution is 6.31. The number of rotatable bonds is 19. The van der Waals surface area contributed by atoms with E-state index < -0.39 is 0 Å². The van der Waals surface area contributed by atoms with E-state index in [2.05, 4.69) is 16.8 Å². The summed E-state index contributed by atoms with van der Waals surface area (Å²) in [6.45, 7) is 3.76. The summed E-state index contributed by atoms with van der Waals surface area (Å²) in [7, 11) is 0. The average molecular weight is 550 g/mol. The van der Waals surface area contributed by atoms with Gasteiger partial charge in [-0.2, -0.15) is 0 Å². The monoisotopic (exact) mass is 549 g/mol. The molecular weight excluding hydrogens is 504 g/mol. The van der Waals surface area contributed by atoms with Crippen LogP contribution in [0.15, 0.2) is 73.1 Å². The van der Waals surface area contributed by atoms with Gasteiger partial charge in [-0.3, -0.25) is 4.79 Å². The molecule has 0 aliphatic rings. The molecule has 5 heteroatoms. The molecular formula is C34H46ClN2O2+. The van der Waals surface area contributed by atoms with E-state index in [4.69, 9.17) is 16.3 Å². The lowest BCUT2D eigenvalue weighted by atomic mass is 10.1. The first kappa shape index (κ1) is 30.7. The molecule has 0 radical (unpaired) electrons. The number of ether oxygens (including phenoxy) is 1. The Kier molecular flexibility index (Phi) is 14.5. The van der Waals surface area contributed by atoms with Gasteiger partial charge in [-0.05, 0) is 36.2 Å². The van der Waals surface area contributed by atoms with Crippen LogP contribution in [0.1, 0.15) is 95.1 Å². The molecule has 4 nitrogen and oxygen atoms in total. The fourth-order valence-corrected chi connectivity index (χ4v) is 4.95. The van der Waals surface area contributed by atoms with Crippen LogP contribution in [-0.4, -0.2) is 12.5 Å². The number of carbonyl (C=O) groups excluding carboxylic acids is 1. The van der Waals surface area contributed by atoms with Crippen molar-refractivity contribution in [1.82, 2.24) is 0 Å². The van der Waals surface area contributed by atoms with Gasteiger partial charge < -0.3 is 10.1 Å². The third-order valence-corrected chi connectivity index (χ3v) is 7.37. The van der Waals surface area contributed by atoms with Crippen molar-refractivity contribution in [3.63, 3.8) is 0 Å². The number of nitrogens with zero attached hydrogens (tertiary/aromatic N) is 1. The summed E-state index contributed by atoms with van der Waals surface area (Å²) < 4.78 is 8.01. The summed E-state index contributed by atoms with van der Waals surface area (Å²) in [5.41, 5.74) is 2.75. The van der Waals surface area contributed by atoms with Crippen LogP contribution in [0.25, 0.3) is 0 Å². The Hall–Kier alpha value is -2.85. The maximum atomic E-state index is 12.6. The largest absolute Gasteiger partial charge is 0.494 e. The van der Waals surface area contributed by atoms with Crippen LogP contribution in [0.4, 0.5) is 5.69 Å². The number of hydrogen-bond donors (Lipinski definition) is 1. The Morgan fingerprint density at radius 3 is 2.03 bits per heavy atom. The molecule has 2 aromatic carbocycles. The highest BCUT2D eigenvalue weighted by Crippen LogP contribution is 2.24. The second-order valence-electron chi connectivity index (χ2n) is 10.5. The van der Waals surface area contributed by atoms with Crippen LogP contribution in [-0.2, 0) is 17.8 Å². The molecule has 1 aromatic heterocycles. The van der Waals surface area contributed by atoms with Gasteiger partial charge in [0.2, 0.25) is 5.91 Å². The quantitative estimate of drug-likeness (QED) is 0.120. The standard InChI is InChI=1S/C34H45ClN2O2/c1-2-3-4-5-6-7-8-9-10-11-12-16-25-39-32-22-19-30(33(35)27-32)26-34(38)36-31-20-17-29(18-21-31)28-37-23-14-13-15-24-37/h13-15,17-24,27H,2-12,16,25-26,28H2,1H3/p+1. The molecule has 0 aliphatic carbocycles. The van der Waals surface area contributed by atoms with Gasteiger partial charge >= 0.3 is 0 Å². The minimum absolute atomic E-state index is 0.0905. The zero-order chi connectivity index (χ0) is 27.5. The lowest BCUT2D eigenvalue weighted by molar-refractivity contribution is -0.688. The molecule has 0 saturated carbocycles. The van der Waals surface area contributed by atoms with Gasteiger partial charge in [-0.25, -0.2) is 4.57 Å². The van der Waals surface area contributed by atoms with Crippen molar-refractivity contribution in [2.75, 3.05) is 11.9 Å². The zero-order valence-corrected chi connectivity index (χ0v) is 24.4. The smallest absolute Gasteiger partial charge is 0.228 e. The van der Waals surface area contributed by atoms with E-state index in [-0.39, 0.29) is 12.3 Å². The molecule has 0 fully saturated rings. The number of hydrogen-bond acceptors (Lipinski definition) is 2. The maximum Gasteiger partial charge on any atom is 0.228 e. The van der Waals surface area contributed by atoms with E-state index >= 15 is 0 Å². The molecule has 0 aliphatic heterocycles. The van der Waals surface area contributed by atoms with E-state index in [1.165, 1.54) is 76.2 Å². The van der Waals surface area contributed by atoms with Crippen LogP contribution in [0.2, 0.25) is 5.02 Å². The summed E-state index contributed by atoms with van der Waals surface area (Å²) in [5.74, 6) is 0.673. The number of carbonyl (C=O) groups is 1. The first-order valence-corrected chi connectivity index (χ1v) is 15.3. The molecule has 1 amide bonds. The first-order valence-electron chi connectivity index (χ1n) is 14.9. The number of aromatic nitrogens is 1. The van der Waals surface area contributed by atoms with E-state index in [1.54, 1.807) is 0 Å². The van der Waals surface area contributed by atoms with Crippen molar-refractivity contribution in [2.24, 2.45) is 0 Å². The maximum absolute atomic E-state index is 12.6. The summed E-state index contributed by atoms with van der Waals surface area (Å²) >= 11 is 6.47. The fourth-order valence-electron chi connectivity index (χ4n) is 4.72. The normalized spacial score (nSPS) is 10.9. The third kappa shape index (κ3) is 12.7. The molecule has 3 rings (SSSR count). The lowest BCUT2D eigenvalue weighted by Gasteiger charge is -2.10. The van der Waals surface area contributed by atoms with Crippen molar-refractivity contribution in [1.29, 1.82) is 0 Å².